The van der Waals surface area contributed by atoms with Crippen LogP contribution < -0.4 is 0 Å². The Kier molecular flexibility index (Phi) is 6.65. The fourth-order valence-corrected chi connectivity index (χ4v) is 5.26. The average molecular weight is 467 g/mol. The van der Waals surface area contributed by atoms with Gasteiger partial charge >= 0.3 is 0 Å². The molecule has 4 nitrogen and oxygen atoms in total. The van der Waals surface area contributed by atoms with Crippen LogP contribution >= 0.6 is 23.5 Å². The molecule has 0 aliphatic heterocycles. The first kappa shape index (κ1) is 21.6. The van der Waals surface area contributed by atoms with Gasteiger partial charge in [0, 0.05) is 27.3 Å². The standard InChI is InChI=1S/C27H22N4S2/c1-2-20-13-14-22(33-21-11-7-4-8-12-21)15-23(20)25-24-16-28-27(31-26(24)30-18-29-25)32-17-19-9-5-3-6-10-19/h3-16,18H,2,17H2,1H3. The van der Waals surface area contributed by atoms with Crippen LogP contribution in [0.1, 0.15) is 18.1 Å². The van der Waals surface area contributed by atoms with Crippen LogP contribution in [0.25, 0.3) is 22.3 Å². The van der Waals surface area contributed by atoms with Crippen LogP contribution in [0.4, 0.5) is 0 Å². The Morgan fingerprint density at radius 2 is 1.58 bits per heavy atom. The Hall–Kier alpha value is -3.22. The summed E-state index contributed by atoms with van der Waals surface area (Å²) in [5, 5.41) is 1.60. The lowest BCUT2D eigenvalue weighted by molar-refractivity contribution is 0.980. The molecule has 162 valence electrons. The van der Waals surface area contributed by atoms with E-state index in [9.17, 15) is 0 Å². The molecule has 0 N–H and O–H groups in total. The van der Waals surface area contributed by atoms with Crippen molar-refractivity contribution < 1.29 is 0 Å². The highest BCUT2D eigenvalue weighted by Crippen LogP contribution is 2.35. The van der Waals surface area contributed by atoms with Gasteiger partial charge in [-0.15, -0.1) is 0 Å². The lowest BCUT2D eigenvalue weighted by Crippen LogP contribution is -1.97. The normalized spacial score (nSPS) is 11.1. The molecule has 0 unspecified atom stereocenters. The Balaban J connectivity index is 1.48. The van der Waals surface area contributed by atoms with E-state index >= 15 is 0 Å². The summed E-state index contributed by atoms with van der Waals surface area (Å²) in [4.78, 5) is 20.8. The van der Waals surface area contributed by atoms with Crippen molar-refractivity contribution >= 4 is 34.6 Å². The maximum Gasteiger partial charge on any atom is 0.189 e. The lowest BCUT2D eigenvalue weighted by Gasteiger charge is -2.12. The summed E-state index contributed by atoms with van der Waals surface area (Å²) in [6.07, 6.45) is 4.39. The van der Waals surface area contributed by atoms with Gasteiger partial charge in [0.2, 0.25) is 0 Å². The number of nitrogens with zero attached hydrogens (tertiary/aromatic N) is 4. The number of benzene rings is 3. The van der Waals surface area contributed by atoms with E-state index < -0.39 is 0 Å². The number of hydrogen-bond donors (Lipinski definition) is 0. The molecule has 5 rings (SSSR count). The minimum absolute atomic E-state index is 0.675. The van der Waals surface area contributed by atoms with Crippen LogP contribution in [0.15, 0.2) is 106 Å². The van der Waals surface area contributed by atoms with Crippen LogP contribution in [-0.4, -0.2) is 19.9 Å². The highest BCUT2D eigenvalue weighted by molar-refractivity contribution is 7.99. The summed E-state index contributed by atoms with van der Waals surface area (Å²) < 4.78 is 0. The molecular weight excluding hydrogens is 444 g/mol. The van der Waals surface area contributed by atoms with Gasteiger partial charge in [0.05, 0.1) is 11.1 Å². The van der Waals surface area contributed by atoms with Crippen molar-refractivity contribution in [2.24, 2.45) is 0 Å². The molecule has 0 fully saturated rings. The second-order valence-electron chi connectivity index (χ2n) is 7.47. The third-order valence-corrected chi connectivity index (χ3v) is 7.21. The van der Waals surface area contributed by atoms with E-state index in [1.165, 1.54) is 20.9 Å². The van der Waals surface area contributed by atoms with Crippen molar-refractivity contribution in [3.63, 3.8) is 0 Å². The molecule has 2 heterocycles. The van der Waals surface area contributed by atoms with E-state index in [-0.39, 0.29) is 0 Å². The fraction of sp³-hybridized carbons (Fsp3) is 0.111. The van der Waals surface area contributed by atoms with Gasteiger partial charge in [0.15, 0.2) is 10.8 Å². The summed E-state index contributed by atoms with van der Waals surface area (Å²) in [7, 11) is 0. The lowest BCUT2D eigenvalue weighted by atomic mass is 10.0. The summed E-state index contributed by atoms with van der Waals surface area (Å²) in [5.41, 5.74) is 5.16. The molecule has 33 heavy (non-hydrogen) atoms. The number of rotatable bonds is 7. The predicted octanol–water partition coefficient (Wildman–Crippen LogP) is 7.09. The molecule has 0 bridgehead atoms. The van der Waals surface area contributed by atoms with Gasteiger partial charge in [-0.1, -0.05) is 85.0 Å². The predicted molar refractivity (Wildman–Crippen MR) is 137 cm³/mol. The third-order valence-electron chi connectivity index (χ3n) is 5.28. The molecule has 6 heteroatoms. The van der Waals surface area contributed by atoms with Crippen molar-refractivity contribution in [2.45, 2.75) is 34.0 Å². The first-order chi connectivity index (χ1) is 16.3. The Morgan fingerprint density at radius 3 is 2.36 bits per heavy atom. The highest BCUT2D eigenvalue weighted by atomic mass is 32.2. The Morgan fingerprint density at radius 1 is 0.788 bits per heavy atom. The van der Waals surface area contributed by atoms with Gasteiger partial charge in [0.25, 0.3) is 0 Å². The maximum atomic E-state index is 4.72. The van der Waals surface area contributed by atoms with Crippen molar-refractivity contribution in [1.29, 1.82) is 0 Å². The topological polar surface area (TPSA) is 51.6 Å². The smallest absolute Gasteiger partial charge is 0.189 e. The monoisotopic (exact) mass is 466 g/mol. The van der Waals surface area contributed by atoms with E-state index in [2.05, 4.69) is 76.5 Å². The molecule has 0 atom stereocenters. The van der Waals surface area contributed by atoms with Gasteiger partial charge in [0.1, 0.15) is 6.33 Å². The van der Waals surface area contributed by atoms with Gasteiger partial charge in [-0.2, -0.15) is 0 Å². The van der Waals surface area contributed by atoms with Gasteiger partial charge in [-0.25, -0.2) is 19.9 Å². The first-order valence-corrected chi connectivity index (χ1v) is 12.6. The van der Waals surface area contributed by atoms with Crippen molar-refractivity contribution in [3.05, 3.63) is 103 Å². The minimum Gasteiger partial charge on any atom is -0.235 e. The molecule has 3 aromatic carbocycles. The Labute approximate surface area is 202 Å². The third kappa shape index (κ3) is 5.07. The van der Waals surface area contributed by atoms with E-state index in [4.69, 9.17) is 4.98 Å². The van der Waals surface area contributed by atoms with Crippen molar-refractivity contribution in [2.75, 3.05) is 0 Å². The van der Waals surface area contributed by atoms with Gasteiger partial charge < -0.3 is 0 Å². The molecule has 5 aromatic rings. The summed E-state index contributed by atoms with van der Waals surface area (Å²) in [6.45, 7) is 2.17. The van der Waals surface area contributed by atoms with Crippen LogP contribution in [0, 0.1) is 0 Å². The van der Waals surface area contributed by atoms with Crippen molar-refractivity contribution in [1.82, 2.24) is 19.9 Å². The summed E-state index contributed by atoms with van der Waals surface area (Å²) in [6, 6.07) is 27.3. The number of hydrogen-bond acceptors (Lipinski definition) is 6. The highest BCUT2D eigenvalue weighted by Gasteiger charge is 2.14. The molecule has 0 amide bonds. The van der Waals surface area contributed by atoms with Crippen molar-refractivity contribution in [3.8, 4) is 11.3 Å². The van der Waals surface area contributed by atoms with Crippen LogP contribution in [0.5, 0.6) is 0 Å². The second-order valence-corrected chi connectivity index (χ2v) is 9.56. The molecule has 2 aromatic heterocycles. The summed E-state index contributed by atoms with van der Waals surface area (Å²) >= 11 is 3.37. The molecule has 0 spiro atoms. The molecule has 0 radical (unpaired) electrons. The second kappa shape index (κ2) is 10.1. The van der Waals surface area contributed by atoms with Crippen LogP contribution in [0.2, 0.25) is 0 Å². The molecule has 0 saturated heterocycles. The van der Waals surface area contributed by atoms with Gasteiger partial charge in [-0.05, 0) is 41.8 Å². The average Bonchev–Trinajstić information content (AvgIpc) is 2.88. The number of fused-ring (bicyclic) bond motifs is 1. The number of aryl methyl sites for hydroxylation is 1. The molecule has 0 aliphatic rings. The zero-order valence-corrected chi connectivity index (χ0v) is 19.8. The van der Waals surface area contributed by atoms with Gasteiger partial charge in [-0.3, -0.25) is 0 Å². The fourth-order valence-electron chi connectivity index (χ4n) is 3.61. The maximum absolute atomic E-state index is 4.72. The number of thioether (sulfide) groups is 1. The zero-order valence-electron chi connectivity index (χ0n) is 18.2. The largest absolute Gasteiger partial charge is 0.235 e. The quantitative estimate of drug-likeness (QED) is 0.188. The number of aromatic nitrogens is 4. The Bertz CT molecular complexity index is 1380. The van der Waals surface area contributed by atoms with E-state index in [0.29, 0.717) is 5.65 Å². The first-order valence-electron chi connectivity index (χ1n) is 10.8. The van der Waals surface area contributed by atoms with Crippen LogP contribution in [0.3, 0.4) is 0 Å². The molecule has 0 saturated carbocycles. The van der Waals surface area contributed by atoms with Crippen LogP contribution in [-0.2, 0) is 12.2 Å². The summed E-state index contributed by atoms with van der Waals surface area (Å²) in [5.74, 6) is 0.822. The van der Waals surface area contributed by atoms with E-state index in [1.54, 1.807) is 29.9 Å². The van der Waals surface area contributed by atoms with E-state index in [0.717, 1.165) is 34.0 Å². The molecular formula is C27H22N4S2. The van der Waals surface area contributed by atoms with E-state index in [1.807, 2.05) is 30.5 Å². The minimum atomic E-state index is 0.675. The zero-order chi connectivity index (χ0) is 22.5. The molecule has 0 aliphatic carbocycles. The SMILES string of the molecule is CCc1ccc(Sc2ccccc2)cc1-c1ncnc2nc(SCc3ccccc3)ncc12.